The topological polar surface area (TPSA) is 146 Å². The van der Waals surface area contributed by atoms with Crippen LogP contribution in [0.1, 0.15) is 0 Å². The normalized spacial score (nSPS) is 12.4. The molecule has 15 rings (SSSR count). The molecule has 6 N–H and O–H groups in total. The quantitative estimate of drug-likeness (QED) is 0.0981. The number of aromatic nitrogens is 10. The number of rotatable bonds is 4. The number of aromatic amines is 6. The van der Waals surface area contributed by atoms with E-state index in [0.29, 0.717) is 0 Å². The van der Waals surface area contributed by atoms with Crippen LogP contribution in [0.2, 0.25) is 0 Å². The molecule has 0 bridgehead atoms. The lowest BCUT2D eigenvalue weighted by Gasteiger charge is -2.14. The van der Waals surface area contributed by atoms with E-state index in [1.807, 2.05) is 37.2 Å². The number of pyridine rings is 4. The van der Waals surface area contributed by atoms with Crippen LogP contribution in [0, 0.1) is 0 Å². The molecular weight excluding hydrogens is 789 g/mol. The zero-order valence-corrected chi connectivity index (χ0v) is 33.8. The summed E-state index contributed by atoms with van der Waals surface area (Å²) in [6.45, 7) is 0. The van der Waals surface area contributed by atoms with Crippen LogP contribution in [0.25, 0.3) is 154 Å². The Labute approximate surface area is 361 Å². The lowest BCUT2D eigenvalue weighted by atomic mass is 9.95. The monoisotopic (exact) mass is 820 g/mol. The molecule has 0 fully saturated rings. The number of nitrogens with one attached hydrogen (secondary N) is 6. The largest absolute Gasteiger partial charge is 0.361 e. The number of H-pyrrole nitrogens is 6. The third kappa shape index (κ3) is 4.57. The Morgan fingerprint density at radius 1 is 0.250 bits per heavy atom. The molecule has 64 heavy (non-hydrogen) atoms. The van der Waals surface area contributed by atoms with Gasteiger partial charge in [-0.3, -0.25) is 0 Å². The van der Waals surface area contributed by atoms with Gasteiger partial charge in [-0.15, -0.1) is 0 Å². The average Bonchev–Trinajstić information content (AvgIpc) is 4.20. The molecule has 10 aromatic heterocycles. The molecule has 298 valence electrons. The van der Waals surface area contributed by atoms with E-state index < -0.39 is 0 Å². The minimum atomic E-state index is 0.855. The highest BCUT2D eigenvalue weighted by Crippen LogP contribution is 2.44. The maximum Gasteiger partial charge on any atom is 0.0972 e. The van der Waals surface area contributed by atoms with Crippen molar-refractivity contribution in [1.82, 2.24) is 49.8 Å². The van der Waals surface area contributed by atoms with Gasteiger partial charge in [-0.2, -0.15) is 0 Å². The van der Waals surface area contributed by atoms with Crippen LogP contribution in [0.5, 0.6) is 0 Å². The van der Waals surface area contributed by atoms with Crippen LogP contribution in [0.3, 0.4) is 0 Å². The molecule has 10 heteroatoms. The van der Waals surface area contributed by atoms with Gasteiger partial charge >= 0.3 is 0 Å². The molecule has 0 amide bonds. The highest BCUT2D eigenvalue weighted by molar-refractivity contribution is 6.20. The Morgan fingerprint density at radius 2 is 0.547 bits per heavy atom. The molecule has 0 unspecified atom stereocenters. The van der Waals surface area contributed by atoms with Gasteiger partial charge in [0.05, 0.1) is 66.9 Å². The minimum Gasteiger partial charge on any atom is -0.361 e. The van der Waals surface area contributed by atoms with Gasteiger partial charge in [0, 0.05) is 124 Å². The van der Waals surface area contributed by atoms with Gasteiger partial charge in [0.25, 0.3) is 0 Å². The van der Waals surface area contributed by atoms with Crippen molar-refractivity contribution < 1.29 is 0 Å². The summed E-state index contributed by atoms with van der Waals surface area (Å²) >= 11 is 0. The standard InChI is InChI=1S/C54H32N10/c1-3-29-7-11-39(63-51(29)49-27(1)5-9-37(61-49)43-33-15-21-55-41(33)25-31-13-19-57-47(31)43)45-35-17-23-60-54(35)46(36-18-24-59-53(36)45)40-12-8-30-4-2-28-6-10-38(62-50(28)52(30)64-40)44-34-16-22-56-42(34)26-32-14-20-58-48(32)44/h1-26,55-60H. The Kier molecular flexibility index (Phi) is 6.47. The van der Waals surface area contributed by atoms with Crippen LogP contribution in [-0.4, -0.2) is 49.8 Å². The van der Waals surface area contributed by atoms with Crippen molar-refractivity contribution in [1.29, 1.82) is 0 Å². The van der Waals surface area contributed by atoms with Gasteiger partial charge in [0.1, 0.15) is 0 Å². The molecule has 0 spiro atoms. The van der Waals surface area contributed by atoms with E-state index in [2.05, 4.69) is 151 Å². The van der Waals surface area contributed by atoms with Crippen LogP contribution < -0.4 is 0 Å². The van der Waals surface area contributed by atoms with Gasteiger partial charge in [-0.1, -0.05) is 48.5 Å². The van der Waals surface area contributed by atoms with E-state index >= 15 is 0 Å². The van der Waals surface area contributed by atoms with E-state index in [0.717, 1.165) is 154 Å². The fraction of sp³-hybridized carbons (Fsp3) is 0. The first-order valence-corrected chi connectivity index (χ1v) is 21.4. The smallest absolute Gasteiger partial charge is 0.0972 e. The van der Waals surface area contributed by atoms with Crippen LogP contribution >= 0.6 is 0 Å². The first kappa shape index (κ1) is 33.7. The van der Waals surface area contributed by atoms with E-state index in [9.17, 15) is 0 Å². The summed E-state index contributed by atoms with van der Waals surface area (Å²) in [4.78, 5) is 42.7. The van der Waals surface area contributed by atoms with Gasteiger partial charge in [0.15, 0.2) is 0 Å². The van der Waals surface area contributed by atoms with Crippen molar-refractivity contribution in [2.45, 2.75) is 0 Å². The number of hydrogen-bond acceptors (Lipinski definition) is 4. The first-order valence-electron chi connectivity index (χ1n) is 21.4. The van der Waals surface area contributed by atoms with E-state index in [-0.39, 0.29) is 0 Å². The van der Waals surface area contributed by atoms with Crippen molar-refractivity contribution in [2.75, 3.05) is 0 Å². The van der Waals surface area contributed by atoms with Crippen LogP contribution in [0.15, 0.2) is 159 Å². The van der Waals surface area contributed by atoms with Crippen molar-refractivity contribution in [3.63, 3.8) is 0 Å². The predicted octanol–water partition coefficient (Wildman–Crippen LogP) is 13.4. The molecule has 5 aromatic carbocycles. The molecule has 0 saturated heterocycles. The Hall–Kier alpha value is -9.02. The molecular formula is C54H32N10. The third-order valence-electron chi connectivity index (χ3n) is 13.4. The summed E-state index contributed by atoms with van der Waals surface area (Å²) in [6.07, 6.45) is 12.0. The van der Waals surface area contributed by atoms with Crippen molar-refractivity contribution in [3.05, 3.63) is 159 Å². The maximum absolute atomic E-state index is 5.48. The Morgan fingerprint density at radius 3 is 0.938 bits per heavy atom. The number of nitrogens with zero attached hydrogens (tertiary/aromatic N) is 4. The molecule has 0 aliphatic heterocycles. The maximum atomic E-state index is 5.48. The minimum absolute atomic E-state index is 0.855. The second kappa shape index (κ2) is 12.3. The van der Waals surface area contributed by atoms with Gasteiger partial charge < -0.3 is 29.9 Å². The predicted molar refractivity (Wildman–Crippen MR) is 261 cm³/mol. The summed E-state index contributed by atoms with van der Waals surface area (Å²) in [5.41, 5.74) is 17.4. The average molecular weight is 821 g/mol. The molecule has 0 radical (unpaired) electrons. The van der Waals surface area contributed by atoms with Crippen LogP contribution in [0.4, 0.5) is 0 Å². The summed E-state index contributed by atoms with van der Waals surface area (Å²) in [5, 5.41) is 10.7. The fourth-order valence-electron chi connectivity index (χ4n) is 10.5. The highest BCUT2D eigenvalue weighted by atomic mass is 14.8. The lowest BCUT2D eigenvalue weighted by molar-refractivity contribution is 1.36. The highest BCUT2D eigenvalue weighted by Gasteiger charge is 2.22. The SMILES string of the molecule is c1cc2c(-c3ccc4ccc5ccc(-c6c7cc[nH]c7c(-c7ccc8ccc9ccc(-c%10c%11cc[nH]c%11cc%11cc[nH]c%10%11)nc9c8n7)c7cc[nH]c67)nc5c4n3)c3[nH]ccc3cc2[nH]1. The number of fused-ring (bicyclic) bond motifs is 12. The molecule has 0 saturated carbocycles. The molecule has 0 aliphatic rings. The lowest BCUT2D eigenvalue weighted by Crippen LogP contribution is -1.95. The van der Waals surface area contributed by atoms with Crippen molar-refractivity contribution >= 4 is 109 Å². The molecule has 10 nitrogen and oxygen atoms in total. The zero-order chi connectivity index (χ0) is 41.6. The van der Waals surface area contributed by atoms with E-state index in [1.54, 1.807) is 0 Å². The summed E-state index contributed by atoms with van der Waals surface area (Å²) in [5.74, 6) is 0. The number of hydrogen-bond donors (Lipinski definition) is 6. The Balaban J connectivity index is 0.916. The van der Waals surface area contributed by atoms with Crippen LogP contribution in [-0.2, 0) is 0 Å². The third-order valence-corrected chi connectivity index (χ3v) is 13.4. The van der Waals surface area contributed by atoms with E-state index in [1.165, 1.54) is 0 Å². The molecule has 10 heterocycles. The second-order valence-corrected chi connectivity index (χ2v) is 16.8. The van der Waals surface area contributed by atoms with Gasteiger partial charge in [0.2, 0.25) is 0 Å². The molecule has 0 aliphatic carbocycles. The van der Waals surface area contributed by atoms with Gasteiger partial charge in [-0.25, -0.2) is 19.9 Å². The second-order valence-electron chi connectivity index (χ2n) is 16.8. The number of benzene rings is 5. The fourth-order valence-corrected chi connectivity index (χ4v) is 10.5. The molecule has 0 atom stereocenters. The first-order chi connectivity index (χ1) is 31.7. The zero-order valence-electron chi connectivity index (χ0n) is 33.8. The summed E-state index contributed by atoms with van der Waals surface area (Å²) < 4.78 is 0. The van der Waals surface area contributed by atoms with Crippen molar-refractivity contribution in [2.24, 2.45) is 0 Å². The molecule has 15 aromatic rings. The summed E-state index contributed by atoms with van der Waals surface area (Å²) in [7, 11) is 0. The van der Waals surface area contributed by atoms with Crippen molar-refractivity contribution in [3.8, 4) is 45.0 Å². The Bertz CT molecular complexity index is 4020. The van der Waals surface area contributed by atoms with E-state index in [4.69, 9.17) is 19.9 Å². The summed E-state index contributed by atoms with van der Waals surface area (Å²) in [6, 6.07) is 42.8. The van der Waals surface area contributed by atoms with Gasteiger partial charge in [-0.05, 0) is 72.8 Å².